The van der Waals surface area contributed by atoms with Gasteiger partial charge >= 0.3 is 5.97 Å². The maximum Gasteiger partial charge on any atom is 0.358 e. The molecule has 18 heavy (non-hydrogen) atoms. The first-order valence-corrected chi connectivity index (χ1v) is 6.01. The van der Waals surface area contributed by atoms with Crippen molar-refractivity contribution in [1.29, 1.82) is 0 Å². The maximum absolute atomic E-state index is 11.1. The molecule has 1 aromatic heterocycles. The SMILES string of the molecule is CCCCc1c(C(=O)O)noc1-c1ccccc1. The minimum Gasteiger partial charge on any atom is -0.476 e. The van der Waals surface area contributed by atoms with Crippen LogP contribution in [0.2, 0.25) is 0 Å². The molecular weight excluding hydrogens is 230 g/mol. The van der Waals surface area contributed by atoms with Gasteiger partial charge in [0.25, 0.3) is 0 Å². The molecule has 1 aromatic carbocycles. The van der Waals surface area contributed by atoms with Crippen LogP contribution in [0.5, 0.6) is 0 Å². The zero-order valence-electron chi connectivity index (χ0n) is 10.2. The molecule has 0 fully saturated rings. The number of hydrogen-bond donors (Lipinski definition) is 1. The lowest BCUT2D eigenvalue weighted by Gasteiger charge is -2.01. The second kappa shape index (κ2) is 5.49. The molecule has 0 unspecified atom stereocenters. The molecule has 4 nitrogen and oxygen atoms in total. The molecule has 0 amide bonds. The number of aromatic carboxylic acids is 1. The van der Waals surface area contributed by atoms with E-state index in [0.717, 1.165) is 18.4 Å². The Balaban J connectivity index is 2.44. The molecule has 0 spiro atoms. The zero-order valence-corrected chi connectivity index (χ0v) is 10.2. The summed E-state index contributed by atoms with van der Waals surface area (Å²) < 4.78 is 5.21. The monoisotopic (exact) mass is 245 g/mol. The van der Waals surface area contributed by atoms with Crippen LogP contribution >= 0.6 is 0 Å². The van der Waals surface area contributed by atoms with Gasteiger partial charge < -0.3 is 9.63 Å². The van der Waals surface area contributed by atoms with Crippen molar-refractivity contribution in [1.82, 2.24) is 5.16 Å². The molecule has 0 aliphatic heterocycles. The van der Waals surface area contributed by atoms with Gasteiger partial charge in [-0.15, -0.1) is 0 Å². The lowest BCUT2D eigenvalue weighted by molar-refractivity contribution is 0.0684. The highest BCUT2D eigenvalue weighted by Crippen LogP contribution is 2.27. The third-order valence-corrected chi connectivity index (χ3v) is 2.81. The van der Waals surface area contributed by atoms with Crippen LogP contribution in [0.3, 0.4) is 0 Å². The van der Waals surface area contributed by atoms with Gasteiger partial charge in [0.1, 0.15) is 0 Å². The van der Waals surface area contributed by atoms with Gasteiger partial charge in [-0.1, -0.05) is 48.8 Å². The highest BCUT2D eigenvalue weighted by molar-refractivity contribution is 5.89. The number of hydrogen-bond acceptors (Lipinski definition) is 3. The van der Waals surface area contributed by atoms with Crippen LogP contribution in [0.15, 0.2) is 34.9 Å². The van der Waals surface area contributed by atoms with E-state index in [1.165, 1.54) is 0 Å². The topological polar surface area (TPSA) is 63.3 Å². The fraction of sp³-hybridized carbons (Fsp3) is 0.286. The number of carbonyl (C=O) groups is 1. The van der Waals surface area contributed by atoms with Crippen LogP contribution < -0.4 is 0 Å². The predicted molar refractivity (Wildman–Crippen MR) is 67.5 cm³/mol. The van der Waals surface area contributed by atoms with Crippen molar-refractivity contribution in [2.45, 2.75) is 26.2 Å². The van der Waals surface area contributed by atoms with Crippen molar-refractivity contribution in [3.8, 4) is 11.3 Å². The molecule has 2 rings (SSSR count). The molecule has 0 aliphatic rings. The van der Waals surface area contributed by atoms with Crippen molar-refractivity contribution in [2.75, 3.05) is 0 Å². The maximum atomic E-state index is 11.1. The first-order valence-electron chi connectivity index (χ1n) is 6.01. The first kappa shape index (κ1) is 12.4. The largest absolute Gasteiger partial charge is 0.476 e. The molecule has 1 heterocycles. The van der Waals surface area contributed by atoms with Gasteiger partial charge in [-0.2, -0.15) is 0 Å². The Labute approximate surface area is 105 Å². The molecule has 0 atom stereocenters. The standard InChI is InChI=1S/C14H15NO3/c1-2-3-9-11-12(14(16)17)15-18-13(11)10-7-5-4-6-8-10/h4-8H,2-3,9H2,1H3,(H,16,17). The van der Waals surface area contributed by atoms with E-state index >= 15 is 0 Å². The summed E-state index contributed by atoms with van der Waals surface area (Å²) in [5.74, 6) is -0.464. The van der Waals surface area contributed by atoms with Gasteiger partial charge in [0.05, 0.1) is 0 Å². The van der Waals surface area contributed by atoms with Gasteiger partial charge in [0.15, 0.2) is 11.5 Å². The molecule has 4 heteroatoms. The van der Waals surface area contributed by atoms with E-state index in [9.17, 15) is 4.79 Å². The number of carboxylic acids is 1. The van der Waals surface area contributed by atoms with E-state index in [0.29, 0.717) is 17.7 Å². The fourth-order valence-electron chi connectivity index (χ4n) is 1.88. The molecule has 0 saturated heterocycles. The van der Waals surface area contributed by atoms with Crippen molar-refractivity contribution in [3.05, 3.63) is 41.6 Å². The Bertz CT molecular complexity index is 531. The van der Waals surface area contributed by atoms with Gasteiger partial charge in [-0.05, 0) is 12.8 Å². The van der Waals surface area contributed by atoms with Crippen LogP contribution in [0, 0.1) is 0 Å². The van der Waals surface area contributed by atoms with Gasteiger partial charge in [-0.3, -0.25) is 0 Å². The Morgan fingerprint density at radius 1 is 1.33 bits per heavy atom. The smallest absolute Gasteiger partial charge is 0.358 e. The minimum absolute atomic E-state index is 0.0299. The van der Waals surface area contributed by atoms with E-state index in [1.807, 2.05) is 30.3 Å². The zero-order chi connectivity index (χ0) is 13.0. The Morgan fingerprint density at radius 2 is 2.06 bits per heavy atom. The number of unbranched alkanes of at least 4 members (excludes halogenated alkanes) is 1. The van der Waals surface area contributed by atoms with Crippen LogP contribution in [-0.4, -0.2) is 16.2 Å². The van der Waals surface area contributed by atoms with E-state index < -0.39 is 5.97 Å². The second-order valence-electron chi connectivity index (χ2n) is 4.11. The lowest BCUT2D eigenvalue weighted by atomic mass is 10.0. The third-order valence-electron chi connectivity index (χ3n) is 2.81. The lowest BCUT2D eigenvalue weighted by Crippen LogP contribution is -2.01. The summed E-state index contributed by atoms with van der Waals surface area (Å²) in [5.41, 5.74) is 1.58. The minimum atomic E-state index is -1.04. The quantitative estimate of drug-likeness (QED) is 0.877. The summed E-state index contributed by atoms with van der Waals surface area (Å²) in [4.78, 5) is 11.1. The van der Waals surface area contributed by atoms with Crippen molar-refractivity contribution in [3.63, 3.8) is 0 Å². The second-order valence-corrected chi connectivity index (χ2v) is 4.11. The van der Waals surface area contributed by atoms with E-state index in [2.05, 4.69) is 12.1 Å². The molecule has 0 saturated carbocycles. The Morgan fingerprint density at radius 3 is 2.67 bits per heavy atom. The highest BCUT2D eigenvalue weighted by Gasteiger charge is 2.21. The number of aromatic nitrogens is 1. The molecule has 94 valence electrons. The van der Waals surface area contributed by atoms with E-state index in [1.54, 1.807) is 0 Å². The molecule has 0 aliphatic carbocycles. The number of rotatable bonds is 5. The van der Waals surface area contributed by atoms with Gasteiger partial charge in [0, 0.05) is 11.1 Å². The molecule has 1 N–H and O–H groups in total. The summed E-state index contributed by atoms with van der Waals surface area (Å²) in [6.45, 7) is 2.07. The molecule has 0 bridgehead atoms. The van der Waals surface area contributed by atoms with Crippen molar-refractivity contribution >= 4 is 5.97 Å². The van der Waals surface area contributed by atoms with Gasteiger partial charge in [0.2, 0.25) is 0 Å². The average molecular weight is 245 g/mol. The summed E-state index contributed by atoms with van der Waals surface area (Å²) >= 11 is 0. The Hall–Kier alpha value is -2.10. The number of carboxylic acid groups (broad SMARTS) is 1. The molecule has 0 radical (unpaired) electrons. The molecular formula is C14H15NO3. The number of benzene rings is 1. The molecule has 2 aromatic rings. The fourth-order valence-corrected chi connectivity index (χ4v) is 1.88. The normalized spacial score (nSPS) is 10.5. The predicted octanol–water partition coefficient (Wildman–Crippen LogP) is 3.38. The summed E-state index contributed by atoms with van der Waals surface area (Å²) in [6, 6.07) is 9.47. The van der Waals surface area contributed by atoms with E-state index in [-0.39, 0.29) is 5.69 Å². The van der Waals surface area contributed by atoms with Crippen LogP contribution in [0.25, 0.3) is 11.3 Å². The highest BCUT2D eigenvalue weighted by atomic mass is 16.5. The first-order chi connectivity index (χ1) is 8.74. The average Bonchev–Trinajstić information content (AvgIpc) is 2.81. The van der Waals surface area contributed by atoms with Gasteiger partial charge in [-0.25, -0.2) is 4.79 Å². The van der Waals surface area contributed by atoms with Crippen molar-refractivity contribution in [2.24, 2.45) is 0 Å². The summed E-state index contributed by atoms with van der Waals surface area (Å²) in [6.07, 6.45) is 2.59. The van der Waals surface area contributed by atoms with Crippen molar-refractivity contribution < 1.29 is 14.4 Å². The third kappa shape index (κ3) is 2.42. The van der Waals surface area contributed by atoms with E-state index in [4.69, 9.17) is 9.63 Å². The summed E-state index contributed by atoms with van der Waals surface area (Å²) in [7, 11) is 0. The van der Waals surface area contributed by atoms with Crippen LogP contribution in [0.4, 0.5) is 0 Å². The van der Waals surface area contributed by atoms with Crippen LogP contribution in [-0.2, 0) is 6.42 Å². The summed E-state index contributed by atoms with van der Waals surface area (Å²) in [5, 5.41) is 12.8. The van der Waals surface area contributed by atoms with Crippen LogP contribution in [0.1, 0.15) is 35.8 Å². The number of nitrogens with zero attached hydrogens (tertiary/aromatic N) is 1. The Kier molecular flexibility index (Phi) is 3.77.